The largest absolute Gasteiger partial charge is 0.396 e. The van der Waals surface area contributed by atoms with Crippen LogP contribution in [0, 0.1) is 0 Å². The Morgan fingerprint density at radius 1 is 1.31 bits per heavy atom. The van der Waals surface area contributed by atoms with Gasteiger partial charge < -0.3 is 5.73 Å². The quantitative estimate of drug-likeness (QED) is 0.863. The first-order valence-electron chi connectivity index (χ1n) is 5.03. The third-order valence-electron chi connectivity index (χ3n) is 2.14. The fourth-order valence-electron chi connectivity index (χ4n) is 1.20. The zero-order valence-corrected chi connectivity index (χ0v) is 8.96. The first-order chi connectivity index (χ1) is 7.40. The molecule has 0 amide bonds. The molecule has 0 aliphatic carbocycles. The Labute approximate surface area is 91.9 Å². The average Bonchev–Trinajstić information content (AvgIpc) is 2.18. The molecule has 0 saturated heterocycles. The topological polar surface area (TPSA) is 51.8 Å². The lowest BCUT2D eigenvalue weighted by Crippen LogP contribution is -2.22. The summed E-state index contributed by atoms with van der Waals surface area (Å²) >= 11 is 0. The van der Waals surface area contributed by atoms with Crippen molar-refractivity contribution < 1.29 is 13.2 Å². The second-order valence-electron chi connectivity index (χ2n) is 3.67. The monoisotopic (exact) mass is 233 g/mol. The number of nitrogens with two attached hydrogens (primary N) is 1. The minimum Gasteiger partial charge on any atom is -0.327 e. The molecule has 1 aromatic heterocycles. The Morgan fingerprint density at radius 2 is 1.88 bits per heavy atom. The van der Waals surface area contributed by atoms with Crippen LogP contribution in [0.4, 0.5) is 13.2 Å². The Hall–Kier alpha value is -1.17. The highest BCUT2D eigenvalue weighted by Gasteiger charge is 2.29. The first-order valence-corrected chi connectivity index (χ1v) is 5.03. The predicted molar refractivity (Wildman–Crippen MR) is 53.8 cm³/mol. The summed E-state index contributed by atoms with van der Waals surface area (Å²) in [6.45, 7) is 1.95. The molecule has 1 atom stereocenters. The molecule has 0 radical (unpaired) electrons. The van der Waals surface area contributed by atoms with E-state index in [-0.39, 0.29) is 11.9 Å². The average molecular weight is 233 g/mol. The van der Waals surface area contributed by atoms with Gasteiger partial charge in [0.2, 0.25) is 0 Å². The van der Waals surface area contributed by atoms with Crippen molar-refractivity contribution in [3.8, 4) is 0 Å². The van der Waals surface area contributed by atoms with Gasteiger partial charge in [-0.1, -0.05) is 6.92 Å². The van der Waals surface area contributed by atoms with E-state index in [0.29, 0.717) is 6.42 Å². The van der Waals surface area contributed by atoms with E-state index >= 15 is 0 Å². The maximum Gasteiger partial charge on any atom is 0.396 e. The molecular weight excluding hydrogens is 219 g/mol. The molecule has 0 aliphatic heterocycles. The Bertz CT molecular complexity index is 321. The normalized spacial score (nSPS) is 13.8. The fraction of sp³-hybridized carbons (Fsp3) is 0.600. The van der Waals surface area contributed by atoms with E-state index < -0.39 is 12.6 Å². The summed E-state index contributed by atoms with van der Waals surface area (Å²) in [7, 11) is 0. The molecule has 0 bridgehead atoms. The molecular formula is C10H14F3N3. The molecule has 3 nitrogen and oxygen atoms in total. The second-order valence-corrected chi connectivity index (χ2v) is 3.67. The lowest BCUT2D eigenvalue weighted by atomic mass is 10.1. The van der Waals surface area contributed by atoms with Crippen LogP contribution in [0.25, 0.3) is 0 Å². The van der Waals surface area contributed by atoms with Gasteiger partial charge in [-0.3, -0.25) is 0 Å². The van der Waals surface area contributed by atoms with Crippen LogP contribution in [0.15, 0.2) is 12.4 Å². The highest BCUT2D eigenvalue weighted by molar-refractivity contribution is 5.07. The van der Waals surface area contributed by atoms with Crippen molar-refractivity contribution in [1.29, 1.82) is 0 Å². The van der Waals surface area contributed by atoms with E-state index in [4.69, 9.17) is 5.73 Å². The lowest BCUT2D eigenvalue weighted by molar-refractivity contribution is -0.128. The molecule has 2 N–H and O–H groups in total. The van der Waals surface area contributed by atoms with Crippen molar-refractivity contribution in [1.82, 2.24) is 9.97 Å². The van der Waals surface area contributed by atoms with Gasteiger partial charge in [0.1, 0.15) is 12.2 Å². The van der Waals surface area contributed by atoms with Crippen LogP contribution in [0.3, 0.4) is 0 Å². The summed E-state index contributed by atoms with van der Waals surface area (Å²) in [5.74, 6) is -0.207. The minimum absolute atomic E-state index is 0.00272. The number of aromatic nitrogens is 2. The molecule has 90 valence electrons. The molecule has 1 rings (SSSR count). The highest BCUT2D eigenvalue weighted by Crippen LogP contribution is 2.18. The van der Waals surface area contributed by atoms with Gasteiger partial charge in [0.25, 0.3) is 0 Å². The summed E-state index contributed by atoms with van der Waals surface area (Å²) in [6.07, 6.45) is -1.14. The third kappa shape index (κ3) is 4.57. The zero-order chi connectivity index (χ0) is 12.2. The standard InChI is InChI=1S/C10H14F3N3/c1-2-8(14)3-7-5-15-9(16-6-7)4-10(11,12)13/h5-6,8H,2-4,14H2,1H3. The van der Waals surface area contributed by atoms with E-state index in [1.165, 1.54) is 12.4 Å². The van der Waals surface area contributed by atoms with Crippen molar-refractivity contribution in [2.75, 3.05) is 0 Å². The van der Waals surface area contributed by atoms with Crippen molar-refractivity contribution in [2.45, 2.75) is 38.4 Å². The molecule has 6 heteroatoms. The summed E-state index contributed by atoms with van der Waals surface area (Å²) < 4.78 is 36.0. The van der Waals surface area contributed by atoms with Crippen LogP contribution in [0.2, 0.25) is 0 Å². The van der Waals surface area contributed by atoms with Gasteiger partial charge in [0.05, 0.1) is 0 Å². The Balaban J connectivity index is 2.61. The second kappa shape index (κ2) is 5.25. The van der Waals surface area contributed by atoms with Gasteiger partial charge in [0, 0.05) is 18.4 Å². The number of rotatable bonds is 4. The van der Waals surface area contributed by atoms with Gasteiger partial charge in [-0.25, -0.2) is 9.97 Å². The molecule has 0 spiro atoms. The van der Waals surface area contributed by atoms with Crippen molar-refractivity contribution in [2.24, 2.45) is 5.73 Å². The lowest BCUT2D eigenvalue weighted by Gasteiger charge is -2.08. The van der Waals surface area contributed by atoms with Crippen LogP contribution in [0.5, 0.6) is 0 Å². The van der Waals surface area contributed by atoms with Crippen LogP contribution in [-0.4, -0.2) is 22.2 Å². The molecule has 1 unspecified atom stereocenters. The van der Waals surface area contributed by atoms with Crippen molar-refractivity contribution >= 4 is 0 Å². The Morgan fingerprint density at radius 3 is 2.31 bits per heavy atom. The fourth-order valence-corrected chi connectivity index (χ4v) is 1.20. The van der Waals surface area contributed by atoms with E-state index in [2.05, 4.69) is 9.97 Å². The van der Waals surface area contributed by atoms with Crippen LogP contribution < -0.4 is 5.73 Å². The maximum atomic E-state index is 12.0. The minimum atomic E-state index is -4.26. The van der Waals surface area contributed by atoms with Crippen molar-refractivity contribution in [3.63, 3.8) is 0 Å². The molecule has 1 aromatic rings. The zero-order valence-electron chi connectivity index (χ0n) is 8.96. The first kappa shape index (κ1) is 12.9. The van der Waals surface area contributed by atoms with Crippen LogP contribution in [-0.2, 0) is 12.8 Å². The molecule has 1 heterocycles. The summed E-state index contributed by atoms with van der Waals surface area (Å²) in [5.41, 5.74) is 6.47. The highest BCUT2D eigenvalue weighted by atomic mass is 19.4. The van der Waals surface area contributed by atoms with Gasteiger partial charge in [-0.15, -0.1) is 0 Å². The molecule has 0 fully saturated rings. The number of hydrogen-bond donors (Lipinski definition) is 1. The van der Waals surface area contributed by atoms with Gasteiger partial charge in [0.15, 0.2) is 0 Å². The molecule has 0 aliphatic rings. The van der Waals surface area contributed by atoms with E-state index in [1.54, 1.807) is 0 Å². The number of hydrogen-bond acceptors (Lipinski definition) is 3. The van der Waals surface area contributed by atoms with E-state index in [1.807, 2.05) is 6.92 Å². The molecule has 0 aromatic carbocycles. The van der Waals surface area contributed by atoms with Gasteiger partial charge in [-0.05, 0) is 18.4 Å². The number of nitrogens with zero attached hydrogens (tertiary/aromatic N) is 2. The van der Waals surface area contributed by atoms with Crippen LogP contribution >= 0.6 is 0 Å². The SMILES string of the molecule is CCC(N)Cc1cnc(CC(F)(F)F)nc1. The van der Waals surface area contributed by atoms with E-state index in [9.17, 15) is 13.2 Å². The van der Waals surface area contributed by atoms with Gasteiger partial charge in [-0.2, -0.15) is 13.2 Å². The van der Waals surface area contributed by atoms with Crippen molar-refractivity contribution in [3.05, 3.63) is 23.8 Å². The summed E-state index contributed by atoms with van der Waals surface area (Å²) in [6, 6.07) is -0.00272. The summed E-state index contributed by atoms with van der Waals surface area (Å²) in [4.78, 5) is 7.33. The van der Waals surface area contributed by atoms with E-state index in [0.717, 1.165) is 12.0 Å². The molecule has 0 saturated carbocycles. The predicted octanol–water partition coefficient (Wildman–Crippen LogP) is 1.86. The maximum absolute atomic E-state index is 12.0. The molecule has 16 heavy (non-hydrogen) atoms. The van der Waals surface area contributed by atoms with Crippen LogP contribution in [0.1, 0.15) is 24.7 Å². The third-order valence-corrected chi connectivity index (χ3v) is 2.14. The van der Waals surface area contributed by atoms with Gasteiger partial charge >= 0.3 is 6.18 Å². The number of halogens is 3. The number of alkyl halides is 3. The Kier molecular flexibility index (Phi) is 4.23. The summed E-state index contributed by atoms with van der Waals surface area (Å²) in [5, 5.41) is 0. The smallest absolute Gasteiger partial charge is 0.327 e.